The molecule has 0 atom stereocenters. The summed E-state index contributed by atoms with van der Waals surface area (Å²) >= 11 is 0. The van der Waals surface area contributed by atoms with Crippen LogP contribution in [-0.2, 0) is 17.8 Å². The van der Waals surface area contributed by atoms with Gasteiger partial charge in [0, 0.05) is 12.2 Å². The van der Waals surface area contributed by atoms with E-state index in [1.807, 2.05) is 24.3 Å². The molecule has 0 unspecified atom stereocenters. The number of ether oxygens (including phenoxy) is 1. The van der Waals surface area contributed by atoms with Crippen molar-refractivity contribution in [1.29, 1.82) is 0 Å². The number of carbonyl (C=O) groups excluding carboxylic acids is 2. The normalized spacial score (nSPS) is 12.5. The van der Waals surface area contributed by atoms with Crippen molar-refractivity contribution in [1.82, 2.24) is 5.32 Å². The molecular weight excluding hydrogens is 268 g/mol. The molecule has 1 heterocycles. The number of anilines is 1. The Kier molecular flexibility index (Phi) is 3.55. The highest BCUT2D eigenvalue weighted by Crippen LogP contribution is 2.23. The summed E-state index contributed by atoms with van der Waals surface area (Å²) in [5.74, 6) is 0.498. The number of para-hydroxylation sites is 1. The zero-order valence-corrected chi connectivity index (χ0v) is 11.3. The number of carbonyl (C=O) groups is 2. The summed E-state index contributed by atoms with van der Waals surface area (Å²) in [5, 5.41) is 5.45. The molecule has 0 aliphatic carbocycles. The molecule has 0 radical (unpaired) electrons. The van der Waals surface area contributed by atoms with E-state index in [4.69, 9.17) is 4.74 Å². The Hall–Kier alpha value is -2.82. The molecule has 2 aromatic carbocycles. The van der Waals surface area contributed by atoms with Crippen LogP contribution in [0.3, 0.4) is 0 Å². The molecule has 5 nitrogen and oxygen atoms in total. The second-order valence-corrected chi connectivity index (χ2v) is 4.77. The molecular formula is C16H14N2O3. The lowest BCUT2D eigenvalue weighted by Crippen LogP contribution is -2.26. The van der Waals surface area contributed by atoms with Gasteiger partial charge in [0.05, 0.1) is 6.42 Å². The van der Waals surface area contributed by atoms with Crippen LogP contribution >= 0.6 is 0 Å². The van der Waals surface area contributed by atoms with Crippen LogP contribution in [0, 0.1) is 0 Å². The fourth-order valence-electron chi connectivity index (χ4n) is 2.20. The second-order valence-electron chi connectivity index (χ2n) is 4.77. The summed E-state index contributed by atoms with van der Waals surface area (Å²) in [7, 11) is 0. The highest BCUT2D eigenvalue weighted by atomic mass is 16.6. The quantitative estimate of drug-likeness (QED) is 0.908. The van der Waals surface area contributed by atoms with Gasteiger partial charge in [-0.15, -0.1) is 0 Å². The van der Waals surface area contributed by atoms with E-state index < -0.39 is 6.09 Å². The van der Waals surface area contributed by atoms with Crippen molar-refractivity contribution < 1.29 is 14.3 Å². The molecule has 0 saturated heterocycles. The van der Waals surface area contributed by atoms with Gasteiger partial charge < -0.3 is 15.4 Å². The topological polar surface area (TPSA) is 67.4 Å². The summed E-state index contributed by atoms with van der Waals surface area (Å²) in [6.45, 7) is 0.354. The Labute approximate surface area is 121 Å². The van der Waals surface area contributed by atoms with Gasteiger partial charge in [-0.2, -0.15) is 0 Å². The molecule has 0 spiro atoms. The third-order valence-electron chi connectivity index (χ3n) is 3.19. The van der Waals surface area contributed by atoms with Gasteiger partial charge in [0.25, 0.3) is 0 Å². The monoisotopic (exact) mass is 282 g/mol. The molecule has 0 aromatic heterocycles. The second kappa shape index (κ2) is 5.66. The van der Waals surface area contributed by atoms with Crippen molar-refractivity contribution in [3.8, 4) is 5.75 Å². The van der Waals surface area contributed by atoms with Crippen molar-refractivity contribution in [3.05, 3.63) is 59.7 Å². The minimum Gasteiger partial charge on any atom is -0.410 e. The lowest BCUT2D eigenvalue weighted by atomic mass is 10.1. The average Bonchev–Trinajstić information content (AvgIpc) is 2.85. The van der Waals surface area contributed by atoms with Crippen molar-refractivity contribution in [2.75, 3.05) is 5.32 Å². The van der Waals surface area contributed by atoms with E-state index in [1.165, 1.54) is 0 Å². The van der Waals surface area contributed by atoms with E-state index in [9.17, 15) is 9.59 Å². The van der Waals surface area contributed by atoms with Gasteiger partial charge >= 0.3 is 6.09 Å². The van der Waals surface area contributed by atoms with Crippen LogP contribution in [0.4, 0.5) is 10.5 Å². The van der Waals surface area contributed by atoms with Crippen LogP contribution in [0.1, 0.15) is 11.1 Å². The Morgan fingerprint density at radius 1 is 1.19 bits per heavy atom. The molecule has 1 aliphatic heterocycles. The molecule has 0 bridgehead atoms. The van der Waals surface area contributed by atoms with Crippen molar-refractivity contribution in [2.24, 2.45) is 0 Å². The number of fused-ring (bicyclic) bond motifs is 1. The molecule has 2 amide bonds. The van der Waals surface area contributed by atoms with Gasteiger partial charge in [-0.1, -0.05) is 30.3 Å². The molecule has 5 heteroatoms. The lowest BCUT2D eigenvalue weighted by Gasteiger charge is -2.07. The first-order valence-corrected chi connectivity index (χ1v) is 6.63. The Balaban J connectivity index is 1.57. The summed E-state index contributed by atoms with van der Waals surface area (Å²) in [6, 6.07) is 14.5. The van der Waals surface area contributed by atoms with Gasteiger partial charge in [-0.3, -0.25) is 4.79 Å². The molecule has 2 N–H and O–H groups in total. The minimum absolute atomic E-state index is 0.00130. The molecule has 106 valence electrons. The molecule has 3 rings (SSSR count). The number of benzene rings is 2. The fourth-order valence-corrected chi connectivity index (χ4v) is 2.20. The standard InChI is InChI=1S/C16H14N2O3/c19-15-9-12-8-11(6-7-14(12)18-15)10-17-16(20)21-13-4-2-1-3-5-13/h1-8H,9-10H2,(H,17,20)(H,18,19). The molecule has 0 saturated carbocycles. The number of hydrogen-bond donors (Lipinski definition) is 2. The van der Waals surface area contributed by atoms with Crippen molar-refractivity contribution >= 4 is 17.7 Å². The van der Waals surface area contributed by atoms with E-state index in [2.05, 4.69) is 10.6 Å². The maximum Gasteiger partial charge on any atom is 0.412 e. The first-order valence-electron chi connectivity index (χ1n) is 6.63. The predicted molar refractivity (Wildman–Crippen MR) is 78.1 cm³/mol. The lowest BCUT2D eigenvalue weighted by molar-refractivity contribution is -0.115. The third-order valence-corrected chi connectivity index (χ3v) is 3.19. The van der Waals surface area contributed by atoms with E-state index in [1.54, 1.807) is 24.3 Å². The zero-order valence-electron chi connectivity index (χ0n) is 11.3. The first-order chi connectivity index (χ1) is 10.2. The number of hydrogen-bond acceptors (Lipinski definition) is 3. The van der Waals surface area contributed by atoms with Crippen LogP contribution in [0.25, 0.3) is 0 Å². The van der Waals surface area contributed by atoms with Crippen LogP contribution in [-0.4, -0.2) is 12.0 Å². The van der Waals surface area contributed by atoms with Crippen LogP contribution in [0.5, 0.6) is 5.75 Å². The molecule has 21 heavy (non-hydrogen) atoms. The number of rotatable bonds is 3. The Bertz CT molecular complexity index is 683. The zero-order chi connectivity index (χ0) is 14.7. The highest BCUT2D eigenvalue weighted by molar-refractivity contribution is 5.99. The highest BCUT2D eigenvalue weighted by Gasteiger charge is 2.17. The average molecular weight is 282 g/mol. The maximum absolute atomic E-state index is 11.7. The minimum atomic E-state index is -0.504. The van der Waals surface area contributed by atoms with E-state index in [0.717, 1.165) is 16.8 Å². The summed E-state index contributed by atoms with van der Waals surface area (Å²) in [5.41, 5.74) is 2.72. The van der Waals surface area contributed by atoms with Gasteiger partial charge in [-0.05, 0) is 29.3 Å². The fraction of sp³-hybridized carbons (Fsp3) is 0.125. The van der Waals surface area contributed by atoms with Gasteiger partial charge in [-0.25, -0.2) is 4.79 Å². The molecule has 0 fully saturated rings. The van der Waals surface area contributed by atoms with Crippen LogP contribution in [0.15, 0.2) is 48.5 Å². The van der Waals surface area contributed by atoms with E-state index in [-0.39, 0.29) is 5.91 Å². The predicted octanol–water partition coefficient (Wildman–Crippen LogP) is 2.47. The Morgan fingerprint density at radius 2 is 2.00 bits per heavy atom. The van der Waals surface area contributed by atoms with Gasteiger partial charge in [0.1, 0.15) is 5.75 Å². The van der Waals surface area contributed by atoms with Gasteiger partial charge in [0.2, 0.25) is 5.91 Å². The summed E-state index contributed by atoms with van der Waals surface area (Å²) in [6.07, 6.45) is -0.117. The van der Waals surface area contributed by atoms with Crippen molar-refractivity contribution in [3.63, 3.8) is 0 Å². The first kappa shape index (κ1) is 13.2. The van der Waals surface area contributed by atoms with Crippen molar-refractivity contribution in [2.45, 2.75) is 13.0 Å². The smallest absolute Gasteiger partial charge is 0.410 e. The van der Waals surface area contributed by atoms with Crippen LogP contribution < -0.4 is 15.4 Å². The Morgan fingerprint density at radius 3 is 2.81 bits per heavy atom. The summed E-state index contributed by atoms with van der Waals surface area (Å²) < 4.78 is 5.13. The third kappa shape index (κ3) is 3.20. The molecule has 2 aromatic rings. The largest absolute Gasteiger partial charge is 0.412 e. The number of nitrogens with one attached hydrogen (secondary N) is 2. The number of amides is 2. The van der Waals surface area contributed by atoms with E-state index in [0.29, 0.717) is 18.7 Å². The maximum atomic E-state index is 11.7. The summed E-state index contributed by atoms with van der Waals surface area (Å²) in [4.78, 5) is 23.0. The SMILES string of the molecule is O=C1Cc2cc(CNC(=O)Oc3ccccc3)ccc2N1. The van der Waals surface area contributed by atoms with Crippen LogP contribution in [0.2, 0.25) is 0 Å². The molecule has 1 aliphatic rings. The van der Waals surface area contributed by atoms with E-state index >= 15 is 0 Å². The van der Waals surface area contributed by atoms with Gasteiger partial charge in [0.15, 0.2) is 0 Å².